The lowest BCUT2D eigenvalue weighted by molar-refractivity contribution is 0.587. The van der Waals surface area contributed by atoms with Gasteiger partial charge in [0.05, 0.1) is 12.1 Å². The molecule has 0 bridgehead atoms. The summed E-state index contributed by atoms with van der Waals surface area (Å²) < 4.78 is 16.0. The minimum Gasteiger partial charge on any atom is -0.287 e. The second kappa shape index (κ2) is 7.60. The van der Waals surface area contributed by atoms with Crippen molar-refractivity contribution in [3.05, 3.63) is 111 Å². The number of rotatable bonds is 5. The Bertz CT molecular complexity index is 1230. The Kier molecular flexibility index (Phi) is 4.85. The molecule has 140 valence electrons. The van der Waals surface area contributed by atoms with E-state index in [1.165, 1.54) is 27.5 Å². The van der Waals surface area contributed by atoms with Crippen LogP contribution < -0.4 is 11.2 Å². The predicted molar refractivity (Wildman–Crippen MR) is 106 cm³/mol. The zero-order chi connectivity index (χ0) is 19.5. The molecule has 0 radical (unpaired) electrons. The lowest BCUT2D eigenvalue weighted by Gasteiger charge is -2.14. The van der Waals surface area contributed by atoms with Crippen LogP contribution in [0, 0.1) is 5.82 Å². The highest BCUT2D eigenvalue weighted by Gasteiger charge is 2.14. The van der Waals surface area contributed by atoms with E-state index in [0.29, 0.717) is 11.9 Å². The normalized spacial score (nSPS) is 11.0. The van der Waals surface area contributed by atoms with E-state index in [-0.39, 0.29) is 24.4 Å². The summed E-state index contributed by atoms with van der Waals surface area (Å²) in [6.07, 6.45) is 2.10. The van der Waals surface area contributed by atoms with Gasteiger partial charge in [-0.15, -0.1) is 0 Å². The van der Waals surface area contributed by atoms with E-state index in [2.05, 4.69) is 4.98 Å². The maximum atomic E-state index is 13.2. The molecule has 0 saturated heterocycles. The van der Waals surface area contributed by atoms with E-state index >= 15 is 0 Å². The molecular weight excluding hydrogens is 357 g/mol. The second-order valence-corrected chi connectivity index (χ2v) is 6.56. The molecule has 0 saturated carbocycles. The van der Waals surface area contributed by atoms with E-state index in [1.54, 1.807) is 24.3 Å². The first-order chi connectivity index (χ1) is 13.6. The van der Waals surface area contributed by atoms with E-state index in [0.717, 1.165) is 11.1 Å². The van der Waals surface area contributed by atoms with Crippen LogP contribution in [0.5, 0.6) is 0 Å². The van der Waals surface area contributed by atoms with Crippen molar-refractivity contribution in [3.8, 4) is 0 Å². The number of hydrogen-bond acceptors (Lipinski definition) is 3. The SMILES string of the molecule is O=c1c2ncccc2n(Cc2ccc(F)cc2)c(=O)n1CCc1ccccc1. The molecular formula is C22H18FN3O2. The number of benzene rings is 2. The Morgan fingerprint density at radius 3 is 2.32 bits per heavy atom. The molecule has 0 N–H and O–H groups in total. The van der Waals surface area contributed by atoms with Crippen molar-refractivity contribution in [1.82, 2.24) is 14.1 Å². The summed E-state index contributed by atoms with van der Waals surface area (Å²) in [5, 5.41) is 0. The molecule has 5 nitrogen and oxygen atoms in total. The van der Waals surface area contributed by atoms with Gasteiger partial charge in [0.25, 0.3) is 5.56 Å². The fraction of sp³-hybridized carbons (Fsp3) is 0.136. The zero-order valence-electron chi connectivity index (χ0n) is 15.1. The third-order valence-corrected chi connectivity index (χ3v) is 4.71. The van der Waals surface area contributed by atoms with Crippen molar-refractivity contribution < 1.29 is 4.39 Å². The molecule has 2 aromatic carbocycles. The maximum absolute atomic E-state index is 13.2. The van der Waals surface area contributed by atoms with Crippen LogP contribution >= 0.6 is 0 Å². The van der Waals surface area contributed by atoms with Gasteiger partial charge in [-0.3, -0.25) is 13.9 Å². The Hall–Kier alpha value is -3.54. The number of hydrogen-bond donors (Lipinski definition) is 0. The summed E-state index contributed by atoms with van der Waals surface area (Å²) in [7, 11) is 0. The van der Waals surface area contributed by atoms with Crippen LogP contribution in [-0.2, 0) is 19.5 Å². The average Bonchev–Trinajstić information content (AvgIpc) is 2.73. The van der Waals surface area contributed by atoms with Crippen molar-refractivity contribution in [2.45, 2.75) is 19.5 Å². The van der Waals surface area contributed by atoms with Gasteiger partial charge in [0.15, 0.2) is 5.52 Å². The first-order valence-electron chi connectivity index (χ1n) is 9.00. The first-order valence-corrected chi connectivity index (χ1v) is 9.00. The van der Waals surface area contributed by atoms with Crippen molar-refractivity contribution in [2.24, 2.45) is 0 Å². The molecule has 0 atom stereocenters. The number of pyridine rings is 1. The van der Waals surface area contributed by atoms with Crippen LogP contribution in [0.1, 0.15) is 11.1 Å². The zero-order valence-corrected chi connectivity index (χ0v) is 15.1. The molecule has 28 heavy (non-hydrogen) atoms. The molecule has 0 aliphatic carbocycles. The van der Waals surface area contributed by atoms with Gasteiger partial charge in [0, 0.05) is 12.7 Å². The van der Waals surface area contributed by atoms with Crippen LogP contribution in [0.3, 0.4) is 0 Å². The summed E-state index contributed by atoms with van der Waals surface area (Å²) in [5.41, 5.74) is 1.73. The van der Waals surface area contributed by atoms with Gasteiger partial charge >= 0.3 is 5.69 Å². The van der Waals surface area contributed by atoms with Crippen LogP contribution in [0.15, 0.2) is 82.5 Å². The quantitative estimate of drug-likeness (QED) is 0.539. The van der Waals surface area contributed by atoms with E-state index in [9.17, 15) is 14.0 Å². The third kappa shape index (κ3) is 3.49. The van der Waals surface area contributed by atoms with Crippen molar-refractivity contribution >= 4 is 11.0 Å². The van der Waals surface area contributed by atoms with Crippen LogP contribution in [0.2, 0.25) is 0 Å². The molecule has 0 aliphatic heterocycles. The Morgan fingerprint density at radius 1 is 0.821 bits per heavy atom. The molecule has 0 amide bonds. The second-order valence-electron chi connectivity index (χ2n) is 6.56. The number of aryl methyl sites for hydroxylation is 1. The summed E-state index contributed by atoms with van der Waals surface area (Å²) in [6.45, 7) is 0.491. The summed E-state index contributed by atoms with van der Waals surface area (Å²) >= 11 is 0. The Labute approximate surface area is 160 Å². The van der Waals surface area contributed by atoms with E-state index in [4.69, 9.17) is 0 Å². The molecule has 0 aliphatic rings. The fourth-order valence-corrected chi connectivity index (χ4v) is 3.25. The largest absolute Gasteiger partial charge is 0.331 e. The minimum atomic E-state index is -0.397. The van der Waals surface area contributed by atoms with Gasteiger partial charge in [-0.25, -0.2) is 14.2 Å². The highest BCUT2D eigenvalue weighted by atomic mass is 19.1. The number of fused-ring (bicyclic) bond motifs is 1. The minimum absolute atomic E-state index is 0.229. The molecule has 0 fully saturated rings. The monoisotopic (exact) mass is 375 g/mol. The summed E-state index contributed by atoms with van der Waals surface area (Å²) in [6, 6.07) is 19.0. The first kappa shape index (κ1) is 17.9. The summed E-state index contributed by atoms with van der Waals surface area (Å²) in [5.74, 6) is -0.338. The molecule has 4 rings (SSSR count). The molecule has 0 unspecified atom stereocenters. The third-order valence-electron chi connectivity index (χ3n) is 4.71. The fourth-order valence-electron chi connectivity index (χ4n) is 3.25. The van der Waals surface area contributed by atoms with Crippen molar-refractivity contribution in [2.75, 3.05) is 0 Å². The van der Waals surface area contributed by atoms with E-state index < -0.39 is 11.2 Å². The molecule has 0 spiro atoms. The topological polar surface area (TPSA) is 56.9 Å². The van der Waals surface area contributed by atoms with E-state index in [1.807, 2.05) is 30.3 Å². The standard InChI is InChI=1S/C22H18FN3O2/c23-18-10-8-17(9-11-18)15-26-19-7-4-13-24-20(19)21(27)25(22(26)28)14-12-16-5-2-1-3-6-16/h1-11,13H,12,14-15H2. The Morgan fingerprint density at radius 2 is 1.57 bits per heavy atom. The number of halogens is 1. The average molecular weight is 375 g/mol. The molecule has 4 aromatic rings. The molecule has 6 heteroatoms. The van der Waals surface area contributed by atoms with Crippen molar-refractivity contribution in [1.29, 1.82) is 0 Å². The van der Waals surface area contributed by atoms with Gasteiger partial charge in [0.1, 0.15) is 5.82 Å². The predicted octanol–water partition coefficient (Wildman–Crippen LogP) is 2.99. The van der Waals surface area contributed by atoms with Crippen LogP contribution in [-0.4, -0.2) is 14.1 Å². The smallest absolute Gasteiger partial charge is 0.287 e. The highest BCUT2D eigenvalue weighted by Crippen LogP contribution is 2.10. The van der Waals surface area contributed by atoms with Crippen LogP contribution in [0.4, 0.5) is 4.39 Å². The van der Waals surface area contributed by atoms with Crippen molar-refractivity contribution in [3.63, 3.8) is 0 Å². The molecule has 2 aromatic heterocycles. The van der Waals surface area contributed by atoms with Gasteiger partial charge < -0.3 is 0 Å². The van der Waals surface area contributed by atoms with Gasteiger partial charge in [0.2, 0.25) is 0 Å². The molecule has 2 heterocycles. The van der Waals surface area contributed by atoms with Gasteiger partial charge in [-0.2, -0.15) is 0 Å². The lowest BCUT2D eigenvalue weighted by Crippen LogP contribution is -2.41. The number of aromatic nitrogens is 3. The van der Waals surface area contributed by atoms with Gasteiger partial charge in [-0.05, 0) is 41.8 Å². The maximum Gasteiger partial charge on any atom is 0.331 e. The van der Waals surface area contributed by atoms with Gasteiger partial charge in [-0.1, -0.05) is 42.5 Å². The Balaban J connectivity index is 1.80. The summed E-state index contributed by atoms with van der Waals surface area (Å²) in [4.78, 5) is 30.2. The highest BCUT2D eigenvalue weighted by molar-refractivity contribution is 5.73. The lowest BCUT2D eigenvalue weighted by atomic mass is 10.1. The number of nitrogens with zero attached hydrogens (tertiary/aromatic N) is 3. The van der Waals surface area contributed by atoms with Crippen LogP contribution in [0.25, 0.3) is 11.0 Å².